The van der Waals surface area contributed by atoms with Gasteiger partial charge in [0, 0.05) is 37.1 Å². The summed E-state index contributed by atoms with van der Waals surface area (Å²) in [5, 5.41) is 11.1. The molecule has 4 bridgehead atoms. The predicted octanol–water partition coefficient (Wildman–Crippen LogP) is 6.58. The molecule has 3 aliphatic heterocycles. The first-order valence-electron chi connectivity index (χ1n) is 20.4. The van der Waals surface area contributed by atoms with Gasteiger partial charge in [0.15, 0.2) is 0 Å². The number of benzene rings is 5. The van der Waals surface area contributed by atoms with Crippen molar-refractivity contribution in [2.24, 2.45) is 0 Å². The van der Waals surface area contributed by atoms with Crippen molar-refractivity contribution in [3.8, 4) is 11.5 Å². The van der Waals surface area contributed by atoms with E-state index in [-0.39, 0.29) is 36.9 Å². The van der Waals surface area contributed by atoms with Crippen molar-refractivity contribution in [1.82, 2.24) is 26.2 Å². The number of nitrogens with zero attached hydrogens (tertiary/aromatic N) is 1. The van der Waals surface area contributed by atoms with E-state index in [1.807, 2.05) is 44.2 Å². The molecule has 8 rings (SSSR count). The molecule has 5 aromatic carbocycles. The number of fused-ring (bicyclic) bond motifs is 10. The van der Waals surface area contributed by atoms with E-state index in [1.54, 1.807) is 102 Å². The third kappa shape index (κ3) is 11.2. The zero-order valence-electron chi connectivity index (χ0n) is 33.7. The number of carbonyl (C=O) groups is 5. The highest BCUT2D eigenvalue weighted by Gasteiger charge is 2.36. The van der Waals surface area contributed by atoms with Gasteiger partial charge in [-0.25, -0.2) is 4.39 Å². The number of rotatable bonds is 8. The lowest BCUT2D eigenvalue weighted by atomic mass is 10.0. The van der Waals surface area contributed by atoms with Crippen LogP contribution < -0.4 is 26.0 Å². The third-order valence-corrected chi connectivity index (χ3v) is 10.4. The predicted molar refractivity (Wildman–Crippen MR) is 226 cm³/mol. The van der Waals surface area contributed by atoms with Gasteiger partial charge in [-0.15, -0.1) is 0 Å². The Kier molecular flexibility index (Phi) is 14.8. The van der Waals surface area contributed by atoms with Crippen molar-refractivity contribution in [3.05, 3.63) is 167 Å². The molecule has 12 heteroatoms. The van der Waals surface area contributed by atoms with E-state index in [9.17, 15) is 28.4 Å². The van der Waals surface area contributed by atoms with Crippen LogP contribution in [0.5, 0.6) is 11.5 Å². The average molecular weight is 812 g/mol. The monoisotopic (exact) mass is 811 g/mol. The van der Waals surface area contributed by atoms with E-state index < -0.39 is 54.0 Å². The Hall–Kier alpha value is -6.82. The average Bonchev–Trinajstić information content (AvgIpc) is 3.78. The fourth-order valence-electron chi connectivity index (χ4n) is 7.37. The van der Waals surface area contributed by atoms with Crippen LogP contribution in [0.3, 0.4) is 0 Å². The van der Waals surface area contributed by atoms with E-state index in [0.29, 0.717) is 34.7 Å². The summed E-state index contributed by atoms with van der Waals surface area (Å²) in [6, 6.07) is 34.2. The summed E-state index contributed by atoms with van der Waals surface area (Å²) in [7, 11) is 0. The van der Waals surface area contributed by atoms with Crippen LogP contribution in [0.4, 0.5) is 4.39 Å². The summed E-state index contributed by atoms with van der Waals surface area (Å²) in [4.78, 5) is 72.1. The van der Waals surface area contributed by atoms with Crippen LogP contribution in [0, 0.1) is 5.82 Å². The molecular formula is C48H50FN5O6. The number of halogens is 1. The number of amides is 5. The van der Waals surface area contributed by atoms with E-state index in [2.05, 4.69) is 21.3 Å². The molecule has 3 unspecified atom stereocenters. The zero-order valence-corrected chi connectivity index (χ0v) is 33.7. The van der Waals surface area contributed by atoms with E-state index in [0.717, 1.165) is 18.4 Å². The maximum Gasteiger partial charge on any atom is 0.251 e. The quantitative estimate of drug-likeness (QED) is 0.139. The van der Waals surface area contributed by atoms with Gasteiger partial charge in [0.1, 0.15) is 35.4 Å². The Morgan fingerprint density at radius 2 is 1.45 bits per heavy atom. The van der Waals surface area contributed by atoms with Crippen molar-refractivity contribution >= 4 is 29.5 Å². The second-order valence-electron chi connectivity index (χ2n) is 14.5. The van der Waals surface area contributed by atoms with Crippen LogP contribution in [0.1, 0.15) is 71.8 Å². The molecule has 0 spiro atoms. The van der Waals surface area contributed by atoms with Gasteiger partial charge in [-0.1, -0.05) is 105 Å². The van der Waals surface area contributed by atoms with Gasteiger partial charge in [0.05, 0.1) is 12.5 Å². The summed E-state index contributed by atoms with van der Waals surface area (Å²) in [6.45, 7) is 4.33. The highest BCUT2D eigenvalue weighted by Crippen LogP contribution is 2.32. The minimum absolute atomic E-state index is 0.0200. The molecule has 11 nitrogen and oxygen atoms in total. The van der Waals surface area contributed by atoms with Crippen molar-refractivity contribution in [1.29, 1.82) is 0 Å². The molecule has 0 saturated carbocycles. The number of ether oxygens (including phenoxy) is 1. The van der Waals surface area contributed by atoms with Crippen molar-refractivity contribution < 1.29 is 33.1 Å². The topological polar surface area (TPSA) is 146 Å². The van der Waals surface area contributed by atoms with Crippen molar-refractivity contribution in [2.75, 3.05) is 6.54 Å². The lowest BCUT2D eigenvalue weighted by Crippen LogP contribution is -2.58. The van der Waals surface area contributed by atoms with E-state index >= 15 is 0 Å². The minimum Gasteiger partial charge on any atom is -0.457 e. The molecule has 4 N–H and O–H groups in total. The molecule has 1 fully saturated rings. The van der Waals surface area contributed by atoms with Crippen LogP contribution in [-0.4, -0.2) is 59.1 Å². The zero-order chi connectivity index (χ0) is 42.4. The maximum absolute atomic E-state index is 14.5. The Morgan fingerprint density at radius 1 is 0.750 bits per heavy atom. The first-order chi connectivity index (χ1) is 29.2. The summed E-state index contributed by atoms with van der Waals surface area (Å²) in [6.07, 6.45) is 1.12. The van der Waals surface area contributed by atoms with E-state index in [4.69, 9.17) is 4.74 Å². The van der Waals surface area contributed by atoms with Crippen molar-refractivity contribution in [2.45, 2.75) is 76.7 Å². The molecule has 3 heterocycles. The van der Waals surface area contributed by atoms with Crippen LogP contribution in [-0.2, 0) is 38.6 Å². The fourth-order valence-corrected chi connectivity index (χ4v) is 7.37. The van der Waals surface area contributed by atoms with Gasteiger partial charge in [-0.3, -0.25) is 24.0 Å². The molecule has 0 radical (unpaired) electrons. The molecule has 0 aliphatic carbocycles. The van der Waals surface area contributed by atoms with Crippen LogP contribution in [0.2, 0.25) is 0 Å². The maximum atomic E-state index is 14.5. The molecule has 1 saturated heterocycles. The number of likely N-dealkylation sites (tertiary alicyclic amines) is 1. The standard InChI is InChI=1S/C46H44FN5O6.C2H6/c47-37-18-8-7-16-34(37)29-48-44(55)38-26-30-20-22-35(23-21-30)58-36-17-9-11-31(25-36)27-39(49-43(54)33-14-5-2-6-15-33)45(56)51-40(46(57)50-38)28-42(53)52-24-10-19-41(52)32-12-3-1-4-13-32;1-2/h1-9,11-18,20-23,25,38-41H,10,19,24,26-29H2,(H,48,55)(H,49,54)(H,50,57)(H,51,56);1-2H3/t38?,39?,40?,41-;/m1./s1. The molecule has 4 atom stereocenters. The normalized spacial score (nSPS) is 19.0. The fraction of sp³-hybridized carbons (Fsp3) is 0.271. The van der Waals surface area contributed by atoms with Gasteiger partial charge in [0.25, 0.3) is 5.91 Å². The summed E-state index contributed by atoms with van der Waals surface area (Å²) >= 11 is 0. The van der Waals surface area contributed by atoms with Crippen LogP contribution in [0.15, 0.2) is 133 Å². The summed E-state index contributed by atoms with van der Waals surface area (Å²) < 4.78 is 20.7. The Morgan fingerprint density at radius 3 is 2.18 bits per heavy atom. The Bertz CT molecular complexity index is 2260. The number of nitrogens with one attached hydrogen (secondary N) is 4. The highest BCUT2D eigenvalue weighted by molar-refractivity contribution is 5.99. The Balaban J connectivity index is 0.00000297. The number of carbonyl (C=O) groups excluding carboxylic acids is 5. The van der Waals surface area contributed by atoms with Gasteiger partial charge < -0.3 is 30.9 Å². The second kappa shape index (κ2) is 20.7. The van der Waals surface area contributed by atoms with Crippen LogP contribution in [0.25, 0.3) is 0 Å². The highest BCUT2D eigenvalue weighted by atomic mass is 19.1. The third-order valence-electron chi connectivity index (χ3n) is 10.4. The molecule has 310 valence electrons. The van der Waals surface area contributed by atoms with Gasteiger partial charge in [0.2, 0.25) is 23.6 Å². The largest absolute Gasteiger partial charge is 0.457 e. The smallest absolute Gasteiger partial charge is 0.251 e. The first kappa shape index (κ1) is 42.8. The van der Waals surface area contributed by atoms with Gasteiger partial charge >= 0.3 is 0 Å². The summed E-state index contributed by atoms with van der Waals surface area (Å²) in [5.74, 6) is -2.44. The molecule has 60 heavy (non-hydrogen) atoms. The lowest BCUT2D eigenvalue weighted by Gasteiger charge is -2.29. The lowest BCUT2D eigenvalue weighted by molar-refractivity contribution is -0.138. The minimum atomic E-state index is -1.44. The van der Waals surface area contributed by atoms with Gasteiger partial charge in [-0.05, 0) is 72.0 Å². The van der Waals surface area contributed by atoms with Gasteiger partial charge in [-0.2, -0.15) is 0 Å². The second-order valence-corrected chi connectivity index (χ2v) is 14.5. The molecule has 0 aromatic heterocycles. The number of hydrogen-bond acceptors (Lipinski definition) is 6. The molecule has 5 amide bonds. The van der Waals surface area contributed by atoms with E-state index in [1.165, 1.54) is 6.07 Å². The summed E-state index contributed by atoms with van der Waals surface area (Å²) in [5.41, 5.74) is 2.89. The Labute approximate surface area is 349 Å². The van der Waals surface area contributed by atoms with Crippen molar-refractivity contribution in [3.63, 3.8) is 0 Å². The molecular weight excluding hydrogens is 762 g/mol. The number of hydrogen-bond donors (Lipinski definition) is 4. The molecule has 5 aromatic rings. The first-order valence-corrected chi connectivity index (χ1v) is 20.4. The molecule has 3 aliphatic rings. The van der Waals surface area contributed by atoms with Crippen LogP contribution >= 0.6 is 0 Å². The SMILES string of the molecule is CC.O=C(NC1Cc2cccc(c2)Oc2ccc(cc2)CC(C(=O)NCc2ccccc2F)NC(=O)C(CC(=O)N2CCC[C@@H]2c2ccccc2)NC1=O)c1ccccc1.